The minimum Gasteiger partial charge on any atom is -0.310 e. The summed E-state index contributed by atoms with van der Waals surface area (Å²) in [5, 5.41) is 3.72. The molecule has 1 nitrogen and oxygen atoms in total. The van der Waals surface area contributed by atoms with Crippen molar-refractivity contribution in [3.63, 3.8) is 0 Å². The van der Waals surface area contributed by atoms with E-state index in [0.717, 1.165) is 18.5 Å². The van der Waals surface area contributed by atoms with Gasteiger partial charge in [-0.25, -0.2) is 0 Å². The van der Waals surface area contributed by atoms with Gasteiger partial charge in [-0.1, -0.05) is 57.9 Å². The summed E-state index contributed by atoms with van der Waals surface area (Å²) in [6.45, 7) is 7.90. The summed E-state index contributed by atoms with van der Waals surface area (Å²) in [5.74, 6) is 1.53. The van der Waals surface area contributed by atoms with Crippen LogP contribution in [-0.4, -0.2) is 6.04 Å². The average Bonchev–Trinajstić information content (AvgIpc) is 2.37. The van der Waals surface area contributed by atoms with Crippen LogP contribution in [0.1, 0.15) is 63.5 Å². The highest BCUT2D eigenvalue weighted by Crippen LogP contribution is 2.23. The van der Waals surface area contributed by atoms with E-state index in [2.05, 4.69) is 50.4 Å². The normalized spacial score (nSPS) is 24.4. The zero-order valence-corrected chi connectivity index (χ0v) is 12.1. The van der Waals surface area contributed by atoms with Gasteiger partial charge in [0.25, 0.3) is 0 Å². The monoisotopic (exact) mass is 245 g/mol. The van der Waals surface area contributed by atoms with Gasteiger partial charge in [-0.05, 0) is 35.8 Å². The molecule has 100 valence electrons. The van der Waals surface area contributed by atoms with Gasteiger partial charge in [-0.2, -0.15) is 0 Å². The number of nitrogens with one attached hydrogen (secondary N) is 1. The highest BCUT2D eigenvalue weighted by molar-refractivity contribution is 5.24. The van der Waals surface area contributed by atoms with E-state index in [1.54, 1.807) is 0 Å². The van der Waals surface area contributed by atoms with Crippen LogP contribution in [-0.2, 0) is 6.54 Å². The van der Waals surface area contributed by atoms with Crippen LogP contribution < -0.4 is 5.32 Å². The van der Waals surface area contributed by atoms with Crippen LogP contribution in [0.15, 0.2) is 24.3 Å². The van der Waals surface area contributed by atoms with Crippen molar-refractivity contribution in [3.05, 3.63) is 35.4 Å². The van der Waals surface area contributed by atoms with Crippen LogP contribution in [0.3, 0.4) is 0 Å². The first kappa shape index (κ1) is 13.6. The maximum Gasteiger partial charge on any atom is 0.0208 e. The van der Waals surface area contributed by atoms with E-state index < -0.39 is 0 Å². The van der Waals surface area contributed by atoms with Gasteiger partial charge >= 0.3 is 0 Å². The zero-order valence-electron chi connectivity index (χ0n) is 12.1. The molecule has 1 saturated carbocycles. The van der Waals surface area contributed by atoms with Crippen LogP contribution in [0, 0.1) is 5.92 Å². The van der Waals surface area contributed by atoms with Crippen molar-refractivity contribution in [2.75, 3.05) is 0 Å². The molecular formula is C17H27N. The molecule has 1 fully saturated rings. The Hall–Kier alpha value is -0.820. The molecule has 1 aromatic rings. The highest BCUT2D eigenvalue weighted by atomic mass is 14.9. The van der Waals surface area contributed by atoms with Crippen LogP contribution in [0.2, 0.25) is 0 Å². The Morgan fingerprint density at radius 1 is 1.17 bits per heavy atom. The second kappa shape index (κ2) is 6.38. The molecule has 2 rings (SSSR count). The van der Waals surface area contributed by atoms with Gasteiger partial charge in [0.2, 0.25) is 0 Å². The van der Waals surface area contributed by atoms with Gasteiger partial charge in [-0.15, -0.1) is 0 Å². The Morgan fingerprint density at radius 3 is 2.50 bits per heavy atom. The van der Waals surface area contributed by atoms with E-state index in [1.807, 2.05) is 0 Å². The molecule has 2 unspecified atom stereocenters. The van der Waals surface area contributed by atoms with Gasteiger partial charge in [0.05, 0.1) is 0 Å². The van der Waals surface area contributed by atoms with Crippen molar-refractivity contribution in [2.45, 2.75) is 65.0 Å². The van der Waals surface area contributed by atoms with Crippen molar-refractivity contribution in [1.82, 2.24) is 5.32 Å². The third-order valence-corrected chi connectivity index (χ3v) is 4.18. The lowest BCUT2D eigenvalue weighted by molar-refractivity contribution is 0.300. The minimum absolute atomic E-state index is 0.631. The summed E-state index contributed by atoms with van der Waals surface area (Å²) in [5.41, 5.74) is 2.85. The van der Waals surface area contributed by atoms with Crippen molar-refractivity contribution in [2.24, 2.45) is 5.92 Å². The molecule has 18 heavy (non-hydrogen) atoms. The first-order valence-electron chi connectivity index (χ1n) is 7.47. The van der Waals surface area contributed by atoms with Crippen LogP contribution in [0.25, 0.3) is 0 Å². The Bertz CT molecular complexity index is 352. The standard InChI is InChI=1S/C17H27N/c1-13(2)16-9-7-15(8-10-16)12-18-17-6-4-5-14(3)11-17/h7-10,13-14,17-18H,4-6,11-12H2,1-3H3. The second-order valence-electron chi connectivity index (χ2n) is 6.25. The lowest BCUT2D eigenvalue weighted by atomic mass is 9.87. The first-order valence-corrected chi connectivity index (χ1v) is 7.47. The summed E-state index contributed by atoms with van der Waals surface area (Å²) in [7, 11) is 0. The lowest BCUT2D eigenvalue weighted by Crippen LogP contribution is -2.33. The van der Waals surface area contributed by atoms with Crippen molar-refractivity contribution in [1.29, 1.82) is 0 Å². The molecule has 1 aromatic carbocycles. The Kier molecular flexibility index (Phi) is 4.82. The van der Waals surface area contributed by atoms with Crippen molar-refractivity contribution < 1.29 is 0 Å². The maximum atomic E-state index is 3.72. The first-order chi connectivity index (χ1) is 8.65. The molecule has 1 aliphatic carbocycles. The molecule has 0 aromatic heterocycles. The van der Waals surface area contributed by atoms with Crippen molar-refractivity contribution >= 4 is 0 Å². The minimum atomic E-state index is 0.631. The number of hydrogen-bond acceptors (Lipinski definition) is 1. The van der Waals surface area contributed by atoms with E-state index >= 15 is 0 Å². The van der Waals surface area contributed by atoms with E-state index in [1.165, 1.54) is 36.8 Å². The summed E-state index contributed by atoms with van der Waals surface area (Å²) < 4.78 is 0. The van der Waals surface area contributed by atoms with E-state index in [-0.39, 0.29) is 0 Å². The zero-order chi connectivity index (χ0) is 13.0. The fourth-order valence-electron chi connectivity index (χ4n) is 2.90. The molecule has 0 bridgehead atoms. The molecule has 1 N–H and O–H groups in total. The lowest BCUT2D eigenvalue weighted by Gasteiger charge is -2.27. The van der Waals surface area contributed by atoms with E-state index in [9.17, 15) is 0 Å². The third-order valence-electron chi connectivity index (χ3n) is 4.18. The summed E-state index contributed by atoms with van der Waals surface area (Å²) >= 11 is 0. The Morgan fingerprint density at radius 2 is 1.89 bits per heavy atom. The third kappa shape index (κ3) is 3.84. The summed E-state index contributed by atoms with van der Waals surface area (Å²) in [4.78, 5) is 0. The summed E-state index contributed by atoms with van der Waals surface area (Å²) in [6.07, 6.45) is 5.52. The largest absolute Gasteiger partial charge is 0.310 e. The average molecular weight is 245 g/mol. The Labute approximate surface area is 112 Å². The molecular weight excluding hydrogens is 218 g/mol. The molecule has 0 aliphatic heterocycles. The quantitative estimate of drug-likeness (QED) is 0.824. The fourth-order valence-corrected chi connectivity index (χ4v) is 2.90. The maximum absolute atomic E-state index is 3.72. The van der Waals surface area contributed by atoms with Gasteiger partial charge in [-0.3, -0.25) is 0 Å². The van der Waals surface area contributed by atoms with E-state index in [4.69, 9.17) is 0 Å². The van der Waals surface area contributed by atoms with Crippen LogP contribution in [0.5, 0.6) is 0 Å². The number of hydrogen-bond donors (Lipinski definition) is 1. The molecule has 0 spiro atoms. The van der Waals surface area contributed by atoms with Gasteiger partial charge < -0.3 is 5.32 Å². The predicted octanol–water partition coefficient (Wildman–Crippen LogP) is 4.48. The molecule has 0 saturated heterocycles. The van der Waals surface area contributed by atoms with Crippen molar-refractivity contribution in [3.8, 4) is 0 Å². The molecule has 2 atom stereocenters. The van der Waals surface area contributed by atoms with Gasteiger partial charge in [0, 0.05) is 12.6 Å². The molecule has 1 aliphatic rings. The summed E-state index contributed by atoms with van der Waals surface area (Å²) in [6, 6.07) is 9.82. The molecule has 0 radical (unpaired) electrons. The second-order valence-corrected chi connectivity index (χ2v) is 6.25. The number of benzene rings is 1. The fraction of sp³-hybridized carbons (Fsp3) is 0.647. The SMILES string of the molecule is CC1CCCC(NCc2ccc(C(C)C)cc2)C1. The van der Waals surface area contributed by atoms with E-state index in [0.29, 0.717) is 5.92 Å². The molecule has 0 amide bonds. The Balaban J connectivity index is 1.82. The van der Waals surface area contributed by atoms with Crippen LogP contribution in [0.4, 0.5) is 0 Å². The smallest absolute Gasteiger partial charge is 0.0208 e. The van der Waals surface area contributed by atoms with Gasteiger partial charge in [0.1, 0.15) is 0 Å². The van der Waals surface area contributed by atoms with Crippen LogP contribution >= 0.6 is 0 Å². The highest BCUT2D eigenvalue weighted by Gasteiger charge is 2.17. The molecule has 0 heterocycles. The van der Waals surface area contributed by atoms with Gasteiger partial charge in [0.15, 0.2) is 0 Å². The number of rotatable bonds is 4. The predicted molar refractivity (Wildman–Crippen MR) is 78.8 cm³/mol. The topological polar surface area (TPSA) is 12.0 Å². The molecule has 1 heteroatoms.